The summed E-state index contributed by atoms with van der Waals surface area (Å²) in [5.74, 6) is 0.626. The van der Waals surface area contributed by atoms with Crippen LogP contribution in [-0.2, 0) is 13.0 Å². The van der Waals surface area contributed by atoms with Crippen molar-refractivity contribution in [3.63, 3.8) is 0 Å². The lowest BCUT2D eigenvalue weighted by molar-refractivity contribution is 0.0853. The Morgan fingerprint density at radius 2 is 1.94 bits per heavy atom. The molecule has 0 bridgehead atoms. The Hall–Kier alpha value is -3.34. The molecule has 0 saturated carbocycles. The third-order valence-electron chi connectivity index (χ3n) is 6.48. The molecule has 164 valence electrons. The number of hydrogen-bond acceptors (Lipinski definition) is 4. The largest absolute Gasteiger partial charge is 0.484 e. The van der Waals surface area contributed by atoms with E-state index in [1.165, 1.54) is 0 Å². The van der Waals surface area contributed by atoms with Gasteiger partial charge >= 0.3 is 5.63 Å². The molecule has 1 unspecified atom stereocenters. The number of aryl methyl sites for hydroxylation is 3. The minimum atomic E-state index is -0.386. The number of ether oxygens (including phenoxy) is 1. The first-order valence-corrected chi connectivity index (χ1v) is 11.4. The molecule has 1 aliphatic rings. The summed E-state index contributed by atoms with van der Waals surface area (Å²) in [5, 5.41) is 1.86. The monoisotopic (exact) mass is 429 g/mol. The zero-order valence-electron chi connectivity index (χ0n) is 18.7. The first-order valence-electron chi connectivity index (χ1n) is 11.4. The van der Waals surface area contributed by atoms with Crippen LogP contribution in [0.5, 0.6) is 5.75 Å². The van der Waals surface area contributed by atoms with E-state index in [-0.39, 0.29) is 23.9 Å². The zero-order chi connectivity index (χ0) is 22.4. The number of Topliss-reactive ketones (excluding diaryl/α,β-unsaturated/α-hetero) is 1. The number of hydrogen-bond donors (Lipinski definition) is 0. The second kappa shape index (κ2) is 7.97. The Morgan fingerprint density at radius 1 is 1.12 bits per heavy atom. The van der Waals surface area contributed by atoms with Crippen LogP contribution in [0.3, 0.4) is 0 Å². The van der Waals surface area contributed by atoms with Crippen molar-refractivity contribution in [2.75, 3.05) is 0 Å². The number of rotatable bonds is 5. The van der Waals surface area contributed by atoms with Gasteiger partial charge in [-0.05, 0) is 49.9 Å². The number of fused-ring (bicyclic) bond motifs is 4. The lowest BCUT2D eigenvalue weighted by Crippen LogP contribution is -2.22. The molecule has 1 aliphatic heterocycles. The van der Waals surface area contributed by atoms with Crippen molar-refractivity contribution in [3.8, 4) is 5.75 Å². The predicted octanol–water partition coefficient (Wildman–Crippen LogP) is 6.13. The van der Waals surface area contributed by atoms with E-state index in [1.54, 1.807) is 12.1 Å². The summed E-state index contributed by atoms with van der Waals surface area (Å²) in [6, 6.07) is 11.6. The number of carbonyl (C=O) groups is 1. The van der Waals surface area contributed by atoms with Crippen LogP contribution in [0.1, 0.15) is 66.3 Å². The molecule has 1 atom stereocenters. The molecule has 2 aromatic heterocycles. The van der Waals surface area contributed by atoms with Crippen molar-refractivity contribution < 1.29 is 13.9 Å². The first-order chi connectivity index (χ1) is 15.5. The van der Waals surface area contributed by atoms with Crippen LogP contribution in [0.15, 0.2) is 51.8 Å². The molecule has 4 aromatic rings. The van der Waals surface area contributed by atoms with Crippen molar-refractivity contribution in [2.45, 2.75) is 59.1 Å². The number of ketones is 1. The number of para-hydroxylation sites is 1. The molecule has 0 aliphatic carbocycles. The topological polar surface area (TPSA) is 61.4 Å². The van der Waals surface area contributed by atoms with Crippen molar-refractivity contribution in [1.29, 1.82) is 0 Å². The number of benzene rings is 2. The third kappa shape index (κ3) is 3.24. The lowest BCUT2D eigenvalue weighted by atomic mass is 9.90. The Bertz CT molecular complexity index is 1410. The normalized spacial score (nSPS) is 15.8. The van der Waals surface area contributed by atoms with Crippen LogP contribution in [-0.4, -0.2) is 10.4 Å². The number of unbranched alkanes of at least 4 members (excludes halogenated alkanes) is 1. The molecule has 0 fully saturated rings. The minimum absolute atomic E-state index is 0.0663. The maximum Gasteiger partial charge on any atom is 0.336 e. The molecular weight excluding hydrogens is 402 g/mol. The molecule has 0 spiro atoms. The quantitative estimate of drug-likeness (QED) is 0.358. The molecule has 2 aromatic carbocycles. The molecule has 5 rings (SSSR count). The summed E-state index contributed by atoms with van der Waals surface area (Å²) in [5.41, 5.74) is 4.55. The Kier molecular flexibility index (Phi) is 5.12. The Balaban J connectivity index is 1.72. The SMILES string of the molecule is CCCCc1cc(=O)oc2cc(C)c3c(c12)OC(c1cn(CC)c2ccccc12)CC3=O. The van der Waals surface area contributed by atoms with E-state index < -0.39 is 0 Å². The Labute approximate surface area is 186 Å². The lowest BCUT2D eigenvalue weighted by Gasteiger charge is -2.28. The van der Waals surface area contributed by atoms with Gasteiger partial charge in [0.25, 0.3) is 0 Å². The van der Waals surface area contributed by atoms with Crippen molar-refractivity contribution >= 4 is 27.7 Å². The second-order valence-corrected chi connectivity index (χ2v) is 8.59. The summed E-state index contributed by atoms with van der Waals surface area (Å²) in [6.07, 6.45) is 4.70. The van der Waals surface area contributed by atoms with Crippen LogP contribution in [0.4, 0.5) is 0 Å². The molecule has 0 saturated heterocycles. The molecule has 0 N–H and O–H groups in total. The van der Waals surface area contributed by atoms with E-state index in [0.29, 0.717) is 16.9 Å². The van der Waals surface area contributed by atoms with E-state index in [2.05, 4.69) is 36.7 Å². The van der Waals surface area contributed by atoms with Crippen molar-refractivity contribution in [3.05, 3.63) is 75.3 Å². The van der Waals surface area contributed by atoms with Gasteiger partial charge < -0.3 is 13.7 Å². The zero-order valence-corrected chi connectivity index (χ0v) is 18.7. The number of carbonyl (C=O) groups excluding carboxylic acids is 1. The number of nitrogens with zero attached hydrogens (tertiary/aromatic N) is 1. The maximum atomic E-state index is 13.4. The molecule has 5 heteroatoms. The fourth-order valence-electron chi connectivity index (χ4n) is 4.94. The highest BCUT2D eigenvalue weighted by Gasteiger charge is 2.33. The smallest absolute Gasteiger partial charge is 0.336 e. The molecule has 5 nitrogen and oxygen atoms in total. The summed E-state index contributed by atoms with van der Waals surface area (Å²) in [6.45, 7) is 6.94. The molecule has 32 heavy (non-hydrogen) atoms. The van der Waals surface area contributed by atoms with Gasteiger partial charge in [-0.25, -0.2) is 4.79 Å². The van der Waals surface area contributed by atoms with Crippen molar-refractivity contribution in [2.24, 2.45) is 0 Å². The third-order valence-corrected chi connectivity index (χ3v) is 6.48. The number of aromatic nitrogens is 1. The van der Waals surface area contributed by atoms with E-state index in [0.717, 1.165) is 58.8 Å². The highest BCUT2D eigenvalue weighted by Crippen LogP contribution is 2.44. The van der Waals surface area contributed by atoms with Gasteiger partial charge in [0.05, 0.1) is 17.4 Å². The molecule has 0 radical (unpaired) electrons. The van der Waals surface area contributed by atoms with Gasteiger partial charge in [0, 0.05) is 35.3 Å². The fraction of sp³-hybridized carbons (Fsp3) is 0.333. The average Bonchev–Trinajstić information content (AvgIpc) is 3.15. The van der Waals surface area contributed by atoms with E-state index in [9.17, 15) is 9.59 Å². The van der Waals surface area contributed by atoms with Crippen LogP contribution in [0, 0.1) is 6.92 Å². The van der Waals surface area contributed by atoms with Crippen LogP contribution in [0.25, 0.3) is 21.9 Å². The highest BCUT2D eigenvalue weighted by molar-refractivity contribution is 6.07. The molecule has 3 heterocycles. The summed E-state index contributed by atoms with van der Waals surface area (Å²) >= 11 is 0. The van der Waals surface area contributed by atoms with Gasteiger partial charge in [-0.15, -0.1) is 0 Å². The van der Waals surface area contributed by atoms with Crippen LogP contribution >= 0.6 is 0 Å². The van der Waals surface area contributed by atoms with Crippen LogP contribution in [0.2, 0.25) is 0 Å². The maximum absolute atomic E-state index is 13.4. The highest BCUT2D eigenvalue weighted by atomic mass is 16.5. The van der Waals surface area contributed by atoms with E-state index in [1.807, 2.05) is 19.1 Å². The molecule has 0 amide bonds. The van der Waals surface area contributed by atoms with Crippen LogP contribution < -0.4 is 10.4 Å². The predicted molar refractivity (Wildman–Crippen MR) is 126 cm³/mol. The summed E-state index contributed by atoms with van der Waals surface area (Å²) < 4.78 is 14.3. The van der Waals surface area contributed by atoms with Gasteiger partial charge in [0.2, 0.25) is 0 Å². The van der Waals surface area contributed by atoms with Crippen molar-refractivity contribution in [1.82, 2.24) is 4.57 Å². The van der Waals surface area contributed by atoms with Gasteiger partial charge in [0.15, 0.2) is 5.78 Å². The van der Waals surface area contributed by atoms with Gasteiger partial charge in [-0.1, -0.05) is 31.5 Å². The van der Waals surface area contributed by atoms with Gasteiger partial charge in [-0.3, -0.25) is 4.79 Å². The Morgan fingerprint density at radius 3 is 2.72 bits per heavy atom. The minimum Gasteiger partial charge on any atom is -0.484 e. The molecular formula is C27H27NO4. The van der Waals surface area contributed by atoms with Gasteiger partial charge in [-0.2, -0.15) is 0 Å². The summed E-state index contributed by atoms with van der Waals surface area (Å²) in [7, 11) is 0. The average molecular weight is 430 g/mol. The first kappa shape index (κ1) is 20.6. The summed E-state index contributed by atoms with van der Waals surface area (Å²) in [4.78, 5) is 25.6. The second-order valence-electron chi connectivity index (χ2n) is 8.59. The van der Waals surface area contributed by atoms with Gasteiger partial charge in [0.1, 0.15) is 17.4 Å². The van der Waals surface area contributed by atoms with E-state index >= 15 is 0 Å². The van der Waals surface area contributed by atoms with E-state index in [4.69, 9.17) is 9.15 Å². The fourth-order valence-corrected chi connectivity index (χ4v) is 4.94. The standard InChI is InChI=1S/C27H27NO4/c1-4-6-9-17-13-24(30)31-23-12-16(3)25-21(29)14-22(32-27(25)26(17)23)19-15-28(5-2)20-11-8-7-10-18(19)20/h7-8,10-13,15,22H,4-6,9,14H2,1-3H3.